The van der Waals surface area contributed by atoms with Gasteiger partial charge in [-0.3, -0.25) is 0 Å². The Morgan fingerprint density at radius 1 is 1.11 bits per heavy atom. The minimum Gasteiger partial charge on any atom is -0.339 e. The summed E-state index contributed by atoms with van der Waals surface area (Å²) in [5, 5.41) is 0. The Morgan fingerprint density at radius 2 is 1.74 bits per heavy atom. The summed E-state index contributed by atoms with van der Waals surface area (Å²) in [5.74, 6) is -0.208. The standard InChI is InChI=1S/C16H19FN2/c1-3-19(16-7-5-4-6-15(16)17)14-10-8-13(9-11-14)12(2)18/h4-12H,3,18H2,1-2H3/t12-/m0/s1. The van der Waals surface area contributed by atoms with Gasteiger partial charge in [-0.05, 0) is 43.7 Å². The van der Waals surface area contributed by atoms with Gasteiger partial charge in [0.1, 0.15) is 5.82 Å². The normalized spacial score (nSPS) is 12.2. The van der Waals surface area contributed by atoms with Gasteiger partial charge < -0.3 is 10.6 Å². The maximum absolute atomic E-state index is 13.9. The molecule has 0 saturated carbocycles. The molecule has 2 aromatic rings. The van der Waals surface area contributed by atoms with Crippen LogP contribution in [0.4, 0.5) is 15.8 Å². The second-order valence-electron chi connectivity index (χ2n) is 4.58. The van der Waals surface area contributed by atoms with Crippen LogP contribution in [0.2, 0.25) is 0 Å². The number of hydrogen-bond donors (Lipinski definition) is 1. The molecule has 100 valence electrons. The molecule has 0 heterocycles. The third kappa shape index (κ3) is 2.93. The van der Waals surface area contributed by atoms with E-state index in [2.05, 4.69) is 0 Å². The van der Waals surface area contributed by atoms with E-state index in [-0.39, 0.29) is 11.9 Å². The van der Waals surface area contributed by atoms with Crippen LogP contribution in [0.15, 0.2) is 48.5 Å². The van der Waals surface area contributed by atoms with Crippen molar-refractivity contribution in [1.82, 2.24) is 0 Å². The third-order valence-corrected chi connectivity index (χ3v) is 3.19. The van der Waals surface area contributed by atoms with E-state index in [9.17, 15) is 4.39 Å². The van der Waals surface area contributed by atoms with Gasteiger partial charge in [0, 0.05) is 18.3 Å². The summed E-state index contributed by atoms with van der Waals surface area (Å²) in [7, 11) is 0. The highest BCUT2D eigenvalue weighted by atomic mass is 19.1. The van der Waals surface area contributed by atoms with E-state index < -0.39 is 0 Å². The zero-order chi connectivity index (χ0) is 13.8. The highest BCUT2D eigenvalue weighted by Gasteiger charge is 2.11. The van der Waals surface area contributed by atoms with E-state index in [4.69, 9.17) is 5.73 Å². The van der Waals surface area contributed by atoms with Crippen LogP contribution < -0.4 is 10.6 Å². The summed E-state index contributed by atoms with van der Waals surface area (Å²) < 4.78 is 13.9. The van der Waals surface area contributed by atoms with Crippen LogP contribution in [0.3, 0.4) is 0 Å². The van der Waals surface area contributed by atoms with E-state index in [1.807, 2.05) is 49.1 Å². The van der Waals surface area contributed by atoms with E-state index in [1.165, 1.54) is 6.07 Å². The third-order valence-electron chi connectivity index (χ3n) is 3.19. The van der Waals surface area contributed by atoms with Gasteiger partial charge in [-0.1, -0.05) is 24.3 Å². The monoisotopic (exact) mass is 258 g/mol. The van der Waals surface area contributed by atoms with Crippen molar-refractivity contribution >= 4 is 11.4 Å². The SMILES string of the molecule is CCN(c1ccc([C@H](C)N)cc1)c1ccccc1F. The quantitative estimate of drug-likeness (QED) is 0.898. The minimum atomic E-state index is -0.208. The van der Waals surface area contributed by atoms with Gasteiger partial charge in [-0.15, -0.1) is 0 Å². The lowest BCUT2D eigenvalue weighted by atomic mass is 10.1. The molecular formula is C16H19FN2. The average Bonchev–Trinajstić information content (AvgIpc) is 2.42. The van der Waals surface area contributed by atoms with Crippen molar-refractivity contribution in [2.24, 2.45) is 5.73 Å². The Kier molecular flexibility index (Phi) is 4.17. The second kappa shape index (κ2) is 5.85. The van der Waals surface area contributed by atoms with Crippen LogP contribution in [-0.4, -0.2) is 6.54 Å². The Morgan fingerprint density at radius 3 is 2.26 bits per heavy atom. The first-order valence-corrected chi connectivity index (χ1v) is 6.51. The fourth-order valence-electron chi connectivity index (χ4n) is 2.12. The topological polar surface area (TPSA) is 29.3 Å². The summed E-state index contributed by atoms with van der Waals surface area (Å²) in [5.41, 5.74) is 8.48. The first-order chi connectivity index (χ1) is 9.13. The Hall–Kier alpha value is -1.87. The predicted molar refractivity (Wildman–Crippen MR) is 78.1 cm³/mol. The summed E-state index contributed by atoms with van der Waals surface area (Å²) >= 11 is 0. The molecule has 0 spiro atoms. The second-order valence-corrected chi connectivity index (χ2v) is 4.58. The molecule has 0 aliphatic rings. The van der Waals surface area contributed by atoms with Crippen LogP contribution >= 0.6 is 0 Å². The van der Waals surface area contributed by atoms with Gasteiger partial charge in [0.15, 0.2) is 0 Å². The molecule has 2 nitrogen and oxygen atoms in total. The molecular weight excluding hydrogens is 239 g/mol. The number of halogens is 1. The molecule has 0 radical (unpaired) electrons. The van der Waals surface area contributed by atoms with E-state index >= 15 is 0 Å². The zero-order valence-corrected chi connectivity index (χ0v) is 11.3. The molecule has 2 aromatic carbocycles. The molecule has 0 amide bonds. The molecule has 0 bridgehead atoms. The fraction of sp³-hybridized carbons (Fsp3) is 0.250. The maximum Gasteiger partial charge on any atom is 0.146 e. The Labute approximate surface area is 113 Å². The van der Waals surface area contributed by atoms with Crippen LogP contribution in [0.1, 0.15) is 25.5 Å². The largest absolute Gasteiger partial charge is 0.339 e. The smallest absolute Gasteiger partial charge is 0.146 e. The van der Waals surface area contributed by atoms with Gasteiger partial charge in [0.05, 0.1) is 5.69 Å². The first kappa shape index (κ1) is 13.6. The molecule has 0 aromatic heterocycles. The lowest BCUT2D eigenvalue weighted by Crippen LogP contribution is -2.17. The van der Waals surface area contributed by atoms with Crippen molar-refractivity contribution in [3.8, 4) is 0 Å². The number of rotatable bonds is 4. The van der Waals surface area contributed by atoms with Gasteiger partial charge >= 0.3 is 0 Å². The number of nitrogens with zero attached hydrogens (tertiary/aromatic N) is 1. The summed E-state index contributed by atoms with van der Waals surface area (Å²) in [6.45, 7) is 4.66. The molecule has 0 fully saturated rings. The van der Waals surface area contributed by atoms with E-state index in [0.717, 1.165) is 11.3 Å². The van der Waals surface area contributed by atoms with E-state index in [0.29, 0.717) is 12.2 Å². The van der Waals surface area contributed by atoms with Crippen LogP contribution in [-0.2, 0) is 0 Å². The number of para-hydroxylation sites is 1. The molecule has 1 atom stereocenters. The predicted octanol–water partition coefficient (Wildman–Crippen LogP) is 4.00. The van der Waals surface area contributed by atoms with Crippen molar-refractivity contribution in [2.75, 3.05) is 11.4 Å². The molecule has 0 unspecified atom stereocenters. The molecule has 0 aliphatic heterocycles. The van der Waals surface area contributed by atoms with Gasteiger partial charge in [-0.2, -0.15) is 0 Å². The van der Waals surface area contributed by atoms with Crippen LogP contribution in [0.25, 0.3) is 0 Å². The number of benzene rings is 2. The fourth-order valence-corrected chi connectivity index (χ4v) is 2.12. The number of nitrogens with two attached hydrogens (primary N) is 1. The zero-order valence-electron chi connectivity index (χ0n) is 11.3. The highest BCUT2D eigenvalue weighted by Crippen LogP contribution is 2.28. The lowest BCUT2D eigenvalue weighted by Gasteiger charge is -2.24. The molecule has 2 N–H and O–H groups in total. The molecule has 2 rings (SSSR count). The average molecular weight is 258 g/mol. The van der Waals surface area contributed by atoms with Gasteiger partial charge in [0.2, 0.25) is 0 Å². The summed E-state index contributed by atoms with van der Waals surface area (Å²) in [6, 6.07) is 14.8. The van der Waals surface area contributed by atoms with Crippen molar-refractivity contribution in [1.29, 1.82) is 0 Å². The molecule has 0 saturated heterocycles. The summed E-state index contributed by atoms with van der Waals surface area (Å²) in [6.07, 6.45) is 0. The van der Waals surface area contributed by atoms with Crippen LogP contribution in [0.5, 0.6) is 0 Å². The van der Waals surface area contributed by atoms with Crippen molar-refractivity contribution < 1.29 is 4.39 Å². The van der Waals surface area contributed by atoms with Crippen molar-refractivity contribution in [3.05, 3.63) is 59.9 Å². The maximum atomic E-state index is 13.9. The number of hydrogen-bond acceptors (Lipinski definition) is 2. The highest BCUT2D eigenvalue weighted by molar-refractivity contribution is 5.63. The van der Waals surface area contributed by atoms with Gasteiger partial charge in [-0.25, -0.2) is 4.39 Å². The molecule has 3 heteroatoms. The summed E-state index contributed by atoms with van der Waals surface area (Å²) in [4.78, 5) is 1.94. The lowest BCUT2D eigenvalue weighted by molar-refractivity contribution is 0.625. The van der Waals surface area contributed by atoms with Gasteiger partial charge in [0.25, 0.3) is 0 Å². The van der Waals surface area contributed by atoms with Crippen molar-refractivity contribution in [3.63, 3.8) is 0 Å². The van der Waals surface area contributed by atoms with Crippen LogP contribution in [0, 0.1) is 5.82 Å². The minimum absolute atomic E-state index is 0.0117. The Balaban J connectivity index is 2.35. The molecule has 0 aliphatic carbocycles. The Bertz CT molecular complexity index is 535. The van der Waals surface area contributed by atoms with Crippen molar-refractivity contribution in [2.45, 2.75) is 19.9 Å². The molecule has 19 heavy (non-hydrogen) atoms. The van der Waals surface area contributed by atoms with E-state index in [1.54, 1.807) is 12.1 Å². The first-order valence-electron chi connectivity index (χ1n) is 6.51. The number of anilines is 2.